The molecule has 0 atom stereocenters. The molecule has 0 fully saturated rings. The molecule has 0 heterocycles. The number of nitro groups is 1. The van der Waals surface area contributed by atoms with Crippen LogP contribution in [0, 0.1) is 17.0 Å². The van der Waals surface area contributed by atoms with E-state index in [1.54, 1.807) is 19.1 Å². The van der Waals surface area contributed by atoms with Crippen molar-refractivity contribution < 1.29 is 4.92 Å². The topological polar surface area (TPSA) is 55.2 Å². The molecule has 110 valence electrons. The van der Waals surface area contributed by atoms with Crippen molar-refractivity contribution in [1.82, 2.24) is 0 Å². The van der Waals surface area contributed by atoms with Crippen LogP contribution in [0.5, 0.6) is 0 Å². The van der Waals surface area contributed by atoms with Crippen molar-refractivity contribution in [2.24, 2.45) is 0 Å². The quantitative estimate of drug-likeness (QED) is 0.621. The molecule has 0 bridgehead atoms. The van der Waals surface area contributed by atoms with Crippen molar-refractivity contribution >= 4 is 27.3 Å². The first-order valence-electron chi connectivity index (χ1n) is 6.77. The molecule has 0 radical (unpaired) electrons. The minimum atomic E-state index is -0.337. The van der Waals surface area contributed by atoms with Gasteiger partial charge in [0.15, 0.2) is 0 Å². The van der Waals surface area contributed by atoms with Gasteiger partial charge in [-0.05, 0) is 42.7 Å². The summed E-state index contributed by atoms with van der Waals surface area (Å²) in [6, 6.07) is 11.4. The lowest BCUT2D eigenvalue weighted by Crippen LogP contribution is -2.03. The van der Waals surface area contributed by atoms with Gasteiger partial charge in [0, 0.05) is 28.3 Å². The lowest BCUT2D eigenvalue weighted by atomic mass is 10.1. The molecule has 0 aliphatic carbocycles. The number of nitro benzene ring substituents is 1. The summed E-state index contributed by atoms with van der Waals surface area (Å²) in [6.07, 6.45) is 0.926. The number of rotatable bonds is 5. The number of aryl methyl sites for hydroxylation is 2. The molecule has 0 saturated heterocycles. The number of halogens is 1. The Bertz CT molecular complexity index is 671. The summed E-state index contributed by atoms with van der Waals surface area (Å²) >= 11 is 3.46. The molecule has 21 heavy (non-hydrogen) atoms. The molecule has 4 nitrogen and oxygen atoms in total. The second-order valence-electron chi connectivity index (χ2n) is 4.89. The van der Waals surface area contributed by atoms with Gasteiger partial charge in [-0.3, -0.25) is 10.1 Å². The fourth-order valence-corrected chi connectivity index (χ4v) is 2.59. The van der Waals surface area contributed by atoms with E-state index in [-0.39, 0.29) is 10.6 Å². The Hall–Kier alpha value is -1.88. The minimum Gasteiger partial charge on any atom is -0.381 e. The Morgan fingerprint density at radius 3 is 2.67 bits per heavy atom. The number of benzene rings is 2. The molecule has 0 aliphatic rings. The zero-order valence-corrected chi connectivity index (χ0v) is 13.6. The van der Waals surface area contributed by atoms with Crippen LogP contribution in [-0.4, -0.2) is 4.92 Å². The molecule has 0 amide bonds. The minimum absolute atomic E-state index is 0.167. The summed E-state index contributed by atoms with van der Waals surface area (Å²) in [7, 11) is 0. The summed E-state index contributed by atoms with van der Waals surface area (Å²) in [5, 5.41) is 14.3. The molecule has 0 unspecified atom stereocenters. The second-order valence-corrected chi connectivity index (χ2v) is 5.80. The lowest BCUT2D eigenvalue weighted by molar-refractivity contribution is -0.385. The average molecular weight is 349 g/mol. The van der Waals surface area contributed by atoms with E-state index in [0.29, 0.717) is 12.1 Å². The van der Waals surface area contributed by atoms with Crippen LogP contribution in [0.2, 0.25) is 0 Å². The van der Waals surface area contributed by atoms with Crippen LogP contribution in [0.3, 0.4) is 0 Å². The van der Waals surface area contributed by atoms with Crippen molar-refractivity contribution in [2.75, 3.05) is 5.32 Å². The fourth-order valence-electron chi connectivity index (χ4n) is 2.19. The summed E-state index contributed by atoms with van der Waals surface area (Å²) in [6.45, 7) is 4.42. The molecule has 0 aromatic heterocycles. The Balaban J connectivity index is 2.17. The van der Waals surface area contributed by atoms with E-state index >= 15 is 0 Å². The normalized spacial score (nSPS) is 10.4. The molecule has 0 saturated carbocycles. The van der Waals surface area contributed by atoms with E-state index in [4.69, 9.17) is 0 Å². The molecule has 1 N–H and O–H groups in total. The van der Waals surface area contributed by atoms with E-state index in [1.807, 2.05) is 18.2 Å². The van der Waals surface area contributed by atoms with Crippen molar-refractivity contribution in [3.05, 3.63) is 67.7 Å². The third-order valence-electron chi connectivity index (χ3n) is 3.40. The van der Waals surface area contributed by atoms with Gasteiger partial charge in [0.1, 0.15) is 0 Å². The van der Waals surface area contributed by atoms with Crippen LogP contribution in [-0.2, 0) is 13.0 Å². The van der Waals surface area contributed by atoms with Crippen LogP contribution in [0.25, 0.3) is 0 Å². The Morgan fingerprint density at radius 1 is 1.24 bits per heavy atom. The maximum atomic E-state index is 11.0. The highest BCUT2D eigenvalue weighted by Gasteiger charge is 2.11. The predicted molar refractivity (Wildman–Crippen MR) is 88.7 cm³/mol. The zero-order valence-electron chi connectivity index (χ0n) is 12.0. The first-order valence-corrected chi connectivity index (χ1v) is 7.56. The Morgan fingerprint density at radius 2 is 2.00 bits per heavy atom. The highest BCUT2D eigenvalue weighted by atomic mass is 79.9. The Labute approximate surface area is 132 Å². The van der Waals surface area contributed by atoms with Gasteiger partial charge in [-0.25, -0.2) is 0 Å². The van der Waals surface area contributed by atoms with Crippen molar-refractivity contribution in [3.63, 3.8) is 0 Å². The monoisotopic (exact) mass is 348 g/mol. The van der Waals surface area contributed by atoms with Crippen LogP contribution >= 0.6 is 15.9 Å². The third kappa shape index (κ3) is 3.82. The van der Waals surface area contributed by atoms with Gasteiger partial charge >= 0.3 is 0 Å². The van der Waals surface area contributed by atoms with Crippen molar-refractivity contribution in [2.45, 2.75) is 26.8 Å². The first kappa shape index (κ1) is 15.5. The maximum absolute atomic E-state index is 11.0. The van der Waals surface area contributed by atoms with Gasteiger partial charge in [0.25, 0.3) is 5.69 Å². The molecular formula is C16H17BrN2O2. The van der Waals surface area contributed by atoms with Crippen LogP contribution in [0.1, 0.15) is 23.6 Å². The van der Waals surface area contributed by atoms with E-state index in [0.717, 1.165) is 22.1 Å². The van der Waals surface area contributed by atoms with E-state index in [1.165, 1.54) is 5.56 Å². The summed E-state index contributed by atoms with van der Waals surface area (Å²) in [5.74, 6) is 0. The van der Waals surface area contributed by atoms with Crippen molar-refractivity contribution in [3.8, 4) is 0 Å². The van der Waals surface area contributed by atoms with Gasteiger partial charge in [0.05, 0.1) is 4.92 Å². The van der Waals surface area contributed by atoms with Gasteiger partial charge in [0.2, 0.25) is 0 Å². The molecule has 2 rings (SSSR count). The third-order valence-corrected chi connectivity index (χ3v) is 3.89. The highest BCUT2D eigenvalue weighted by molar-refractivity contribution is 9.10. The maximum Gasteiger partial charge on any atom is 0.272 e. The predicted octanol–water partition coefficient (Wildman–Crippen LogP) is 4.84. The van der Waals surface area contributed by atoms with Crippen LogP contribution in [0.15, 0.2) is 40.9 Å². The van der Waals surface area contributed by atoms with Gasteiger partial charge in [-0.1, -0.05) is 35.0 Å². The molecule has 2 aromatic rings. The number of anilines is 1. The molecule has 0 spiro atoms. The first-order chi connectivity index (χ1) is 10.0. The molecule has 2 aromatic carbocycles. The van der Waals surface area contributed by atoms with Gasteiger partial charge in [-0.2, -0.15) is 0 Å². The molecular weight excluding hydrogens is 332 g/mol. The Kier molecular flexibility index (Phi) is 4.96. The number of nitrogens with zero attached hydrogens (tertiary/aromatic N) is 1. The van der Waals surface area contributed by atoms with Gasteiger partial charge < -0.3 is 5.32 Å². The van der Waals surface area contributed by atoms with E-state index in [9.17, 15) is 10.1 Å². The average Bonchev–Trinajstić information content (AvgIpc) is 2.46. The van der Waals surface area contributed by atoms with Crippen LogP contribution < -0.4 is 5.32 Å². The largest absolute Gasteiger partial charge is 0.381 e. The lowest BCUT2D eigenvalue weighted by Gasteiger charge is -2.12. The van der Waals surface area contributed by atoms with Gasteiger partial charge in [-0.15, -0.1) is 0 Å². The summed E-state index contributed by atoms with van der Waals surface area (Å²) in [5.41, 5.74) is 4.02. The van der Waals surface area contributed by atoms with Crippen molar-refractivity contribution in [1.29, 1.82) is 0 Å². The van der Waals surface area contributed by atoms with Crippen LogP contribution in [0.4, 0.5) is 11.4 Å². The summed E-state index contributed by atoms with van der Waals surface area (Å²) in [4.78, 5) is 10.6. The second kappa shape index (κ2) is 6.72. The highest BCUT2D eigenvalue weighted by Crippen LogP contribution is 2.23. The van der Waals surface area contributed by atoms with E-state index in [2.05, 4.69) is 34.2 Å². The van der Waals surface area contributed by atoms with E-state index < -0.39 is 0 Å². The SMILES string of the molecule is CCc1cc(Br)ccc1NCc1ccc(C)c([N+](=O)[O-])c1. The number of hydrogen-bond acceptors (Lipinski definition) is 3. The standard InChI is InChI=1S/C16H17BrN2O2/c1-3-13-9-14(17)6-7-15(13)18-10-12-5-4-11(2)16(8-12)19(20)21/h4-9,18H,3,10H2,1-2H3. The zero-order chi connectivity index (χ0) is 15.4. The smallest absolute Gasteiger partial charge is 0.272 e. The number of nitrogens with one attached hydrogen (secondary N) is 1. The molecule has 5 heteroatoms. The fraction of sp³-hybridized carbons (Fsp3) is 0.250. The molecule has 0 aliphatic heterocycles. The summed E-state index contributed by atoms with van der Waals surface area (Å²) < 4.78 is 1.05. The number of hydrogen-bond donors (Lipinski definition) is 1.